The lowest BCUT2D eigenvalue weighted by molar-refractivity contribution is -0.137. The molecule has 2 aliphatic heterocycles. The largest absolute Gasteiger partial charge is 0.450 e. The average Bonchev–Trinajstić information content (AvgIpc) is 3.10. The van der Waals surface area contributed by atoms with E-state index in [2.05, 4.69) is 10.3 Å². The third-order valence-corrected chi connectivity index (χ3v) is 5.19. The van der Waals surface area contributed by atoms with E-state index in [1.165, 1.54) is 0 Å². The summed E-state index contributed by atoms with van der Waals surface area (Å²) in [4.78, 5) is 19.1. The molecule has 2 aliphatic rings. The number of nitrogens with one attached hydrogen (secondary N) is 1. The van der Waals surface area contributed by atoms with Gasteiger partial charge >= 0.3 is 12.2 Å². The number of carbonyl (C=O) groups is 1. The second-order valence-corrected chi connectivity index (χ2v) is 7.80. The minimum atomic E-state index is -4.69. The van der Waals surface area contributed by atoms with Crippen LogP contribution >= 0.6 is 0 Å². The fraction of sp³-hybridized carbons (Fsp3) is 0.333. The van der Waals surface area contributed by atoms with Crippen LogP contribution in [0.4, 0.5) is 26.7 Å². The maximum Gasteiger partial charge on any atom is 0.418 e. The van der Waals surface area contributed by atoms with Gasteiger partial charge in [0.05, 0.1) is 18.4 Å². The second kappa shape index (κ2) is 8.18. The summed E-state index contributed by atoms with van der Waals surface area (Å²) in [6.45, 7) is 2.54. The van der Waals surface area contributed by atoms with Crippen molar-refractivity contribution in [2.75, 3.05) is 20.1 Å². The van der Waals surface area contributed by atoms with E-state index in [-0.39, 0.29) is 18.2 Å². The molecule has 4 rings (SSSR count). The van der Waals surface area contributed by atoms with Gasteiger partial charge in [-0.1, -0.05) is 0 Å². The summed E-state index contributed by atoms with van der Waals surface area (Å²) in [6, 6.07) is 2.12. The summed E-state index contributed by atoms with van der Waals surface area (Å²) in [6.07, 6.45) is -1.50. The van der Waals surface area contributed by atoms with Crippen LogP contribution in [0.25, 0.3) is 0 Å². The van der Waals surface area contributed by atoms with Crippen molar-refractivity contribution >= 4 is 6.03 Å². The first-order valence-electron chi connectivity index (χ1n) is 9.81. The van der Waals surface area contributed by atoms with Gasteiger partial charge in [-0.3, -0.25) is 9.88 Å². The number of hydrogen-bond donors (Lipinski definition) is 1. The molecule has 0 radical (unpaired) electrons. The van der Waals surface area contributed by atoms with Crippen molar-refractivity contribution in [2.24, 2.45) is 0 Å². The molecule has 7 nitrogen and oxygen atoms in total. The zero-order valence-electron chi connectivity index (χ0n) is 17.5. The summed E-state index contributed by atoms with van der Waals surface area (Å²) in [5, 5.41) is 2.70. The normalized spacial score (nSPS) is 20.5. The minimum Gasteiger partial charge on any atom is -0.450 e. The van der Waals surface area contributed by atoms with Gasteiger partial charge in [0.15, 0.2) is 23.1 Å². The van der Waals surface area contributed by atoms with Crippen LogP contribution in [-0.2, 0) is 17.5 Å². The quantitative estimate of drug-likeness (QED) is 0.664. The van der Waals surface area contributed by atoms with Crippen LogP contribution in [0, 0.1) is 11.6 Å². The Labute approximate surface area is 185 Å². The molecule has 1 fully saturated rings. The fourth-order valence-corrected chi connectivity index (χ4v) is 3.49. The zero-order chi connectivity index (χ0) is 24.0. The second-order valence-electron chi connectivity index (χ2n) is 7.80. The van der Waals surface area contributed by atoms with Crippen LogP contribution in [0.15, 0.2) is 42.5 Å². The number of urea groups is 1. The number of nitrogens with zero attached hydrogens (tertiary/aromatic N) is 3. The van der Waals surface area contributed by atoms with E-state index >= 15 is 0 Å². The van der Waals surface area contributed by atoms with Crippen molar-refractivity contribution in [3.63, 3.8) is 0 Å². The Balaban J connectivity index is 1.50. The number of ether oxygens (including phenoxy) is 2. The number of alkyl halides is 3. The Bertz CT molecular complexity index is 1100. The first-order valence-corrected chi connectivity index (χ1v) is 9.81. The van der Waals surface area contributed by atoms with Crippen LogP contribution in [0.1, 0.15) is 18.1 Å². The maximum absolute atomic E-state index is 14.5. The number of halogens is 5. The molecule has 3 heterocycles. The molecular weight excluding hydrogens is 451 g/mol. The highest BCUT2D eigenvalue weighted by Gasteiger charge is 2.39. The predicted molar refractivity (Wildman–Crippen MR) is 105 cm³/mol. The first-order chi connectivity index (χ1) is 15.4. The topological polar surface area (TPSA) is 66.9 Å². The van der Waals surface area contributed by atoms with Crippen molar-refractivity contribution in [3.05, 3.63) is 65.3 Å². The molecule has 12 heteroatoms. The highest BCUT2D eigenvalue weighted by Crippen LogP contribution is 2.34. The molecule has 176 valence electrons. The molecule has 33 heavy (non-hydrogen) atoms. The van der Waals surface area contributed by atoms with Crippen LogP contribution in [0.5, 0.6) is 11.5 Å². The van der Waals surface area contributed by atoms with Crippen molar-refractivity contribution < 1.29 is 36.2 Å². The maximum atomic E-state index is 14.5. The third-order valence-electron chi connectivity index (χ3n) is 5.19. The van der Waals surface area contributed by atoms with Crippen molar-refractivity contribution in [1.82, 2.24) is 20.1 Å². The Morgan fingerprint density at radius 1 is 1.15 bits per heavy atom. The molecule has 1 aromatic heterocycles. The highest BCUT2D eigenvalue weighted by molar-refractivity contribution is 5.79. The average molecular weight is 470 g/mol. The molecule has 2 amide bonds. The number of amides is 2. The Morgan fingerprint density at radius 3 is 2.52 bits per heavy atom. The Hall–Kier alpha value is -3.41. The number of likely N-dealkylation sites (N-methyl/N-ethyl adjacent to an activating group) is 1. The number of hydrogen-bond acceptors (Lipinski definition) is 5. The van der Waals surface area contributed by atoms with Crippen molar-refractivity contribution in [3.8, 4) is 11.5 Å². The number of pyridine rings is 1. The van der Waals surface area contributed by atoms with Crippen molar-refractivity contribution in [1.29, 1.82) is 0 Å². The standard InChI is InChI=1S/C21H19F5N4O3/c1-20(8-17-29(2)3-4-30(17)19(31)28-20)32-11-12-5-15(22)18(16(23)6-12)33-14-7-13(9-27-10-14)21(24,25)26/h5-10H,3-4,11H2,1-2H3,(H,28,31). The highest BCUT2D eigenvalue weighted by atomic mass is 19.4. The summed E-state index contributed by atoms with van der Waals surface area (Å²) >= 11 is 0. The van der Waals surface area contributed by atoms with E-state index < -0.39 is 40.6 Å². The lowest BCUT2D eigenvalue weighted by Crippen LogP contribution is -2.55. The molecule has 1 saturated heterocycles. The molecule has 0 bridgehead atoms. The minimum absolute atomic E-state index is 0.0931. The molecule has 0 aliphatic carbocycles. The van der Waals surface area contributed by atoms with E-state index in [1.807, 2.05) is 11.9 Å². The van der Waals surface area contributed by atoms with Gasteiger partial charge in [-0.25, -0.2) is 13.6 Å². The molecule has 1 aromatic carbocycles. The van der Waals surface area contributed by atoms with Crippen LogP contribution in [0.3, 0.4) is 0 Å². The first kappa shape index (κ1) is 22.8. The van der Waals surface area contributed by atoms with Gasteiger partial charge in [0.25, 0.3) is 0 Å². The molecular formula is C21H19F5N4O3. The lowest BCUT2D eigenvalue weighted by atomic mass is 10.1. The van der Waals surface area contributed by atoms with E-state index in [0.29, 0.717) is 31.2 Å². The SMILES string of the molecule is CN1CCN2C(=O)NC(C)(OCc3cc(F)c(Oc4cncc(C(F)(F)F)c4)c(F)c3)C=C12. The fourth-order valence-electron chi connectivity index (χ4n) is 3.49. The van der Waals surface area contributed by atoms with E-state index in [4.69, 9.17) is 9.47 Å². The number of rotatable bonds is 5. The van der Waals surface area contributed by atoms with Gasteiger partial charge in [0, 0.05) is 32.4 Å². The summed E-state index contributed by atoms with van der Waals surface area (Å²) in [5.41, 5.74) is -2.24. The smallest absolute Gasteiger partial charge is 0.418 e. The molecule has 0 saturated carbocycles. The Morgan fingerprint density at radius 2 is 1.85 bits per heavy atom. The lowest BCUT2D eigenvalue weighted by Gasteiger charge is -2.36. The number of aromatic nitrogens is 1. The van der Waals surface area contributed by atoms with Gasteiger partial charge < -0.3 is 19.7 Å². The molecule has 2 aromatic rings. The monoisotopic (exact) mass is 470 g/mol. The van der Waals surface area contributed by atoms with Crippen LogP contribution < -0.4 is 10.1 Å². The van der Waals surface area contributed by atoms with Gasteiger partial charge in [-0.05, 0) is 30.7 Å². The van der Waals surface area contributed by atoms with Gasteiger partial charge in [0.2, 0.25) is 0 Å². The molecule has 1 N–H and O–H groups in total. The Kier molecular flexibility index (Phi) is 5.64. The van der Waals surface area contributed by atoms with Gasteiger partial charge in [-0.2, -0.15) is 13.2 Å². The van der Waals surface area contributed by atoms with E-state index in [9.17, 15) is 26.7 Å². The molecule has 1 unspecified atom stereocenters. The summed E-state index contributed by atoms with van der Waals surface area (Å²) in [7, 11) is 1.83. The van der Waals surface area contributed by atoms with Gasteiger partial charge in [-0.15, -0.1) is 0 Å². The van der Waals surface area contributed by atoms with E-state index in [1.54, 1.807) is 17.9 Å². The summed E-state index contributed by atoms with van der Waals surface area (Å²) in [5.74, 6) is -2.95. The third kappa shape index (κ3) is 4.70. The van der Waals surface area contributed by atoms with Gasteiger partial charge in [0.1, 0.15) is 11.6 Å². The van der Waals surface area contributed by atoms with Crippen LogP contribution in [0.2, 0.25) is 0 Å². The number of benzene rings is 1. The summed E-state index contributed by atoms with van der Waals surface area (Å²) < 4.78 is 78.2. The van der Waals surface area contributed by atoms with Crippen molar-refractivity contribution in [2.45, 2.75) is 25.4 Å². The van der Waals surface area contributed by atoms with E-state index in [0.717, 1.165) is 18.3 Å². The number of fused-ring (bicyclic) bond motifs is 1. The number of carbonyl (C=O) groups excluding carboxylic acids is 1. The zero-order valence-corrected chi connectivity index (χ0v) is 17.5. The molecule has 1 atom stereocenters. The predicted octanol–water partition coefficient (Wildman–Crippen LogP) is 4.22. The molecule has 0 spiro atoms. The van der Waals surface area contributed by atoms with Crippen LogP contribution in [-0.4, -0.2) is 46.7 Å².